The molecule has 2 N–H and O–H groups in total. The molecule has 0 radical (unpaired) electrons. The quantitative estimate of drug-likeness (QED) is 0.838. The number of likely N-dealkylation sites (tertiary alicyclic amines) is 1. The van der Waals surface area contributed by atoms with Crippen LogP contribution in [0.25, 0.3) is 0 Å². The number of nitrogens with zero attached hydrogens (tertiary/aromatic N) is 1. The van der Waals surface area contributed by atoms with Gasteiger partial charge in [0.2, 0.25) is 0 Å². The van der Waals surface area contributed by atoms with Crippen molar-refractivity contribution >= 4 is 23.0 Å². The summed E-state index contributed by atoms with van der Waals surface area (Å²) in [6.45, 7) is 4.18. The normalized spacial score (nSPS) is 21.5. The standard InChI is InChI=1S/C17H25N3OS/c22-17(18-14-4-2-1-3-5-14)19-15-6-10-20(11-7-15)16-8-12-21-13-9-16/h1-5,15-16H,6-13H2,(H2,18,19,22). The molecular formula is C17H25N3OS. The molecule has 0 atom stereocenters. The fourth-order valence-electron chi connectivity index (χ4n) is 3.33. The monoisotopic (exact) mass is 319 g/mol. The van der Waals surface area contributed by atoms with Gasteiger partial charge in [-0.2, -0.15) is 0 Å². The summed E-state index contributed by atoms with van der Waals surface area (Å²) in [5, 5.41) is 7.45. The molecule has 0 bridgehead atoms. The van der Waals surface area contributed by atoms with Gasteiger partial charge >= 0.3 is 0 Å². The van der Waals surface area contributed by atoms with Gasteiger partial charge in [0.1, 0.15) is 0 Å². The highest BCUT2D eigenvalue weighted by molar-refractivity contribution is 7.80. The van der Waals surface area contributed by atoms with Gasteiger partial charge in [0.05, 0.1) is 0 Å². The summed E-state index contributed by atoms with van der Waals surface area (Å²) >= 11 is 5.42. The van der Waals surface area contributed by atoms with Crippen molar-refractivity contribution in [2.45, 2.75) is 37.8 Å². The zero-order valence-electron chi connectivity index (χ0n) is 13.0. The minimum absolute atomic E-state index is 0.486. The molecule has 2 aliphatic heterocycles. The SMILES string of the molecule is S=C(Nc1ccccc1)NC1CCN(C2CCOCC2)CC1. The molecule has 2 saturated heterocycles. The fraction of sp³-hybridized carbons (Fsp3) is 0.588. The van der Waals surface area contributed by atoms with E-state index in [-0.39, 0.29) is 0 Å². The largest absolute Gasteiger partial charge is 0.381 e. The smallest absolute Gasteiger partial charge is 0.170 e. The highest BCUT2D eigenvalue weighted by Gasteiger charge is 2.26. The average molecular weight is 319 g/mol. The third-order valence-corrected chi connectivity index (χ3v) is 4.82. The van der Waals surface area contributed by atoms with Gasteiger partial charge in [-0.3, -0.25) is 0 Å². The van der Waals surface area contributed by atoms with Crippen LogP contribution >= 0.6 is 12.2 Å². The van der Waals surface area contributed by atoms with Crippen LogP contribution in [0.4, 0.5) is 5.69 Å². The van der Waals surface area contributed by atoms with Gasteiger partial charge in [0.15, 0.2) is 5.11 Å². The Hall–Kier alpha value is -1.17. The lowest BCUT2D eigenvalue weighted by Crippen LogP contribution is -2.49. The lowest BCUT2D eigenvalue weighted by Gasteiger charge is -2.39. The zero-order chi connectivity index (χ0) is 15.2. The molecule has 0 aliphatic carbocycles. The second-order valence-corrected chi connectivity index (χ2v) is 6.53. The van der Waals surface area contributed by atoms with Crippen molar-refractivity contribution in [2.24, 2.45) is 0 Å². The molecule has 2 aliphatic rings. The van der Waals surface area contributed by atoms with Crippen LogP contribution < -0.4 is 10.6 Å². The summed E-state index contributed by atoms with van der Waals surface area (Å²) in [4.78, 5) is 2.63. The molecule has 0 aromatic heterocycles. The van der Waals surface area contributed by atoms with Crippen LogP contribution in [-0.2, 0) is 4.74 Å². The van der Waals surface area contributed by atoms with E-state index < -0.39 is 0 Å². The van der Waals surface area contributed by atoms with Gasteiger partial charge in [-0.15, -0.1) is 0 Å². The van der Waals surface area contributed by atoms with Crippen LogP contribution in [0.15, 0.2) is 30.3 Å². The molecule has 0 unspecified atom stereocenters. The lowest BCUT2D eigenvalue weighted by molar-refractivity contribution is 0.0247. The van der Waals surface area contributed by atoms with E-state index in [4.69, 9.17) is 17.0 Å². The first-order chi connectivity index (χ1) is 10.8. The number of hydrogen-bond donors (Lipinski definition) is 2. The molecule has 2 heterocycles. The maximum absolute atomic E-state index is 5.46. The van der Waals surface area contributed by atoms with Crippen molar-refractivity contribution in [2.75, 3.05) is 31.6 Å². The number of ether oxygens (including phenoxy) is 1. The summed E-state index contributed by atoms with van der Waals surface area (Å²) in [6, 6.07) is 11.3. The number of piperidine rings is 1. The van der Waals surface area contributed by atoms with Crippen molar-refractivity contribution < 1.29 is 4.74 Å². The first-order valence-electron chi connectivity index (χ1n) is 8.25. The van der Waals surface area contributed by atoms with E-state index in [1.165, 1.54) is 12.8 Å². The predicted octanol–water partition coefficient (Wildman–Crippen LogP) is 2.62. The van der Waals surface area contributed by atoms with Crippen molar-refractivity contribution in [3.8, 4) is 0 Å². The van der Waals surface area contributed by atoms with Crippen molar-refractivity contribution in [1.82, 2.24) is 10.2 Å². The molecule has 1 aromatic rings. The summed E-state index contributed by atoms with van der Waals surface area (Å²) in [7, 11) is 0. The molecule has 1 aromatic carbocycles. The third-order valence-electron chi connectivity index (χ3n) is 4.60. The summed E-state index contributed by atoms with van der Waals surface area (Å²) in [5.41, 5.74) is 1.04. The average Bonchev–Trinajstić information content (AvgIpc) is 2.57. The Morgan fingerprint density at radius 1 is 1.05 bits per heavy atom. The van der Waals surface area contributed by atoms with E-state index in [0.29, 0.717) is 6.04 Å². The molecule has 0 spiro atoms. The molecule has 0 saturated carbocycles. The van der Waals surface area contributed by atoms with Crippen LogP contribution in [0.3, 0.4) is 0 Å². The van der Waals surface area contributed by atoms with E-state index in [2.05, 4.69) is 15.5 Å². The lowest BCUT2D eigenvalue weighted by atomic mass is 10.00. The molecule has 3 rings (SSSR count). The van der Waals surface area contributed by atoms with Gasteiger partial charge in [0.25, 0.3) is 0 Å². The minimum atomic E-state index is 0.486. The first kappa shape index (κ1) is 15.7. The summed E-state index contributed by atoms with van der Waals surface area (Å²) < 4.78 is 5.46. The molecule has 0 amide bonds. The Balaban J connectivity index is 1.40. The van der Waals surface area contributed by atoms with Crippen LogP contribution in [0.1, 0.15) is 25.7 Å². The Morgan fingerprint density at radius 2 is 1.73 bits per heavy atom. The Kier molecular flexibility index (Phi) is 5.64. The zero-order valence-corrected chi connectivity index (χ0v) is 13.8. The molecule has 22 heavy (non-hydrogen) atoms. The molecule has 5 heteroatoms. The van der Waals surface area contributed by atoms with Crippen LogP contribution in [-0.4, -0.2) is 48.4 Å². The third kappa shape index (κ3) is 4.41. The number of para-hydroxylation sites is 1. The molecule has 120 valence electrons. The fourth-order valence-corrected chi connectivity index (χ4v) is 3.62. The topological polar surface area (TPSA) is 36.5 Å². The highest BCUT2D eigenvalue weighted by atomic mass is 32.1. The number of hydrogen-bond acceptors (Lipinski definition) is 3. The van der Waals surface area contributed by atoms with Crippen molar-refractivity contribution in [1.29, 1.82) is 0 Å². The summed E-state index contributed by atoms with van der Waals surface area (Å²) in [5.74, 6) is 0. The number of rotatable bonds is 3. The van der Waals surface area contributed by atoms with E-state index >= 15 is 0 Å². The molecule has 2 fully saturated rings. The van der Waals surface area contributed by atoms with Crippen molar-refractivity contribution in [3.63, 3.8) is 0 Å². The van der Waals surface area contributed by atoms with Gasteiger partial charge < -0.3 is 20.3 Å². The molecular weight excluding hydrogens is 294 g/mol. The minimum Gasteiger partial charge on any atom is -0.381 e. The van der Waals surface area contributed by atoms with E-state index in [1.54, 1.807) is 0 Å². The van der Waals surface area contributed by atoms with Crippen LogP contribution in [0.5, 0.6) is 0 Å². The number of nitrogens with one attached hydrogen (secondary N) is 2. The maximum atomic E-state index is 5.46. The predicted molar refractivity (Wildman–Crippen MR) is 94.2 cm³/mol. The van der Waals surface area contributed by atoms with Crippen LogP contribution in [0, 0.1) is 0 Å². The van der Waals surface area contributed by atoms with Crippen molar-refractivity contribution in [3.05, 3.63) is 30.3 Å². The van der Waals surface area contributed by atoms with E-state index in [9.17, 15) is 0 Å². The molecule has 4 nitrogen and oxygen atoms in total. The van der Waals surface area contributed by atoms with Gasteiger partial charge in [-0.1, -0.05) is 18.2 Å². The van der Waals surface area contributed by atoms with E-state index in [1.807, 2.05) is 30.3 Å². The Bertz CT molecular complexity index is 468. The number of anilines is 1. The van der Waals surface area contributed by atoms with Gasteiger partial charge in [0, 0.05) is 44.1 Å². The first-order valence-corrected chi connectivity index (χ1v) is 8.66. The number of thiocarbonyl (C=S) groups is 1. The number of benzene rings is 1. The summed E-state index contributed by atoms with van der Waals surface area (Å²) in [6.07, 6.45) is 4.69. The Labute approximate surface area is 138 Å². The highest BCUT2D eigenvalue weighted by Crippen LogP contribution is 2.20. The van der Waals surface area contributed by atoms with Gasteiger partial charge in [-0.05, 0) is 50.0 Å². The van der Waals surface area contributed by atoms with Gasteiger partial charge in [-0.25, -0.2) is 0 Å². The Morgan fingerprint density at radius 3 is 2.41 bits per heavy atom. The van der Waals surface area contributed by atoms with Crippen LogP contribution in [0.2, 0.25) is 0 Å². The van der Waals surface area contributed by atoms with E-state index in [0.717, 1.165) is 56.0 Å². The second-order valence-electron chi connectivity index (χ2n) is 6.12. The maximum Gasteiger partial charge on any atom is 0.170 e. The second kappa shape index (κ2) is 7.90.